The monoisotopic (exact) mass is 311 g/mol. The number of carbonyl (C=O) groups is 2. The zero-order valence-electron chi connectivity index (χ0n) is 12.7. The number of aliphatic carboxylic acids is 1. The molecule has 2 aromatic carbocycles. The van der Waals surface area contributed by atoms with E-state index < -0.39 is 11.9 Å². The summed E-state index contributed by atoms with van der Waals surface area (Å²) in [5, 5.41) is 18.2. The van der Waals surface area contributed by atoms with Crippen LogP contribution in [0.1, 0.15) is 39.9 Å². The van der Waals surface area contributed by atoms with Crippen LogP contribution in [0.4, 0.5) is 5.69 Å². The molecule has 1 unspecified atom stereocenters. The Bertz CT molecular complexity index is 767. The van der Waals surface area contributed by atoms with Crippen LogP contribution in [0.25, 0.3) is 0 Å². The lowest BCUT2D eigenvalue weighted by atomic mass is 10.0. The summed E-state index contributed by atoms with van der Waals surface area (Å²) in [6.07, 6.45) is 0. The average Bonchev–Trinajstić information content (AvgIpc) is 2.90. The normalized spacial score (nSPS) is 14.7. The standard InChI is InChI=1S/C18H17NO4/c1-11(18(22)23)13-4-6-15(7-5-13)19-9-14-3-2-12(10-20)8-16(14)17(19)21/h2-8,11,20H,9-10H2,1H3,(H,22,23). The van der Waals surface area contributed by atoms with Crippen LogP contribution < -0.4 is 4.90 Å². The molecule has 0 saturated carbocycles. The summed E-state index contributed by atoms with van der Waals surface area (Å²) in [4.78, 5) is 25.2. The molecular weight excluding hydrogens is 294 g/mol. The highest BCUT2D eigenvalue weighted by Crippen LogP contribution is 2.30. The lowest BCUT2D eigenvalue weighted by Gasteiger charge is -2.16. The highest BCUT2D eigenvalue weighted by molar-refractivity contribution is 6.10. The van der Waals surface area contributed by atoms with Crippen molar-refractivity contribution in [2.75, 3.05) is 4.90 Å². The van der Waals surface area contributed by atoms with Crippen molar-refractivity contribution in [1.82, 2.24) is 0 Å². The molecular formula is C18H17NO4. The maximum atomic E-state index is 12.5. The van der Waals surface area contributed by atoms with Gasteiger partial charge in [0.05, 0.1) is 19.1 Å². The number of rotatable bonds is 4. The Morgan fingerprint density at radius 3 is 2.52 bits per heavy atom. The second kappa shape index (κ2) is 5.85. The molecule has 0 fully saturated rings. The summed E-state index contributed by atoms with van der Waals surface area (Å²) >= 11 is 0. The van der Waals surface area contributed by atoms with Gasteiger partial charge in [-0.05, 0) is 41.8 Å². The van der Waals surface area contributed by atoms with Gasteiger partial charge in [-0.25, -0.2) is 0 Å². The van der Waals surface area contributed by atoms with Crippen LogP contribution in [-0.4, -0.2) is 22.1 Å². The molecule has 0 aliphatic carbocycles. The van der Waals surface area contributed by atoms with E-state index in [1.165, 1.54) is 0 Å². The van der Waals surface area contributed by atoms with Gasteiger partial charge in [-0.1, -0.05) is 24.3 Å². The largest absolute Gasteiger partial charge is 0.481 e. The van der Waals surface area contributed by atoms with Crippen LogP contribution >= 0.6 is 0 Å². The van der Waals surface area contributed by atoms with Crippen LogP contribution in [0.5, 0.6) is 0 Å². The summed E-state index contributed by atoms with van der Waals surface area (Å²) < 4.78 is 0. The summed E-state index contributed by atoms with van der Waals surface area (Å²) in [6, 6.07) is 12.4. The Morgan fingerprint density at radius 1 is 1.22 bits per heavy atom. The number of aliphatic hydroxyl groups excluding tert-OH is 1. The molecule has 0 aromatic heterocycles. The first-order valence-corrected chi connectivity index (χ1v) is 7.38. The molecule has 1 aliphatic heterocycles. The lowest BCUT2D eigenvalue weighted by Crippen LogP contribution is -2.23. The predicted molar refractivity (Wildman–Crippen MR) is 85.4 cm³/mol. The highest BCUT2D eigenvalue weighted by Gasteiger charge is 2.28. The third-order valence-corrected chi connectivity index (χ3v) is 4.24. The first-order valence-electron chi connectivity index (χ1n) is 7.38. The maximum absolute atomic E-state index is 12.5. The number of hydrogen-bond acceptors (Lipinski definition) is 3. The van der Waals surface area contributed by atoms with E-state index in [1.807, 2.05) is 12.1 Å². The smallest absolute Gasteiger partial charge is 0.310 e. The third-order valence-electron chi connectivity index (χ3n) is 4.24. The molecule has 2 aromatic rings. The first-order chi connectivity index (χ1) is 11.0. The fourth-order valence-corrected chi connectivity index (χ4v) is 2.74. The molecule has 0 bridgehead atoms. The fraction of sp³-hybridized carbons (Fsp3) is 0.222. The van der Waals surface area contributed by atoms with Gasteiger partial charge in [-0.15, -0.1) is 0 Å². The summed E-state index contributed by atoms with van der Waals surface area (Å²) in [5.41, 5.74) is 3.69. The Hall–Kier alpha value is -2.66. The Balaban J connectivity index is 1.86. The van der Waals surface area contributed by atoms with Crippen molar-refractivity contribution in [2.24, 2.45) is 0 Å². The first kappa shape index (κ1) is 15.2. The van der Waals surface area contributed by atoms with Crippen LogP contribution in [0.3, 0.4) is 0 Å². The van der Waals surface area contributed by atoms with Gasteiger partial charge in [0.25, 0.3) is 5.91 Å². The van der Waals surface area contributed by atoms with E-state index in [9.17, 15) is 14.7 Å². The molecule has 5 heteroatoms. The molecule has 118 valence electrons. The molecule has 0 saturated heterocycles. The van der Waals surface area contributed by atoms with Crippen LogP contribution in [0.15, 0.2) is 42.5 Å². The van der Waals surface area contributed by atoms with E-state index in [-0.39, 0.29) is 12.5 Å². The highest BCUT2D eigenvalue weighted by atomic mass is 16.4. The number of benzene rings is 2. The van der Waals surface area contributed by atoms with Gasteiger partial charge >= 0.3 is 5.97 Å². The topological polar surface area (TPSA) is 77.8 Å². The third kappa shape index (κ3) is 2.71. The van der Waals surface area contributed by atoms with Gasteiger partial charge in [0, 0.05) is 11.3 Å². The molecule has 1 amide bonds. The number of nitrogens with zero attached hydrogens (tertiary/aromatic N) is 1. The number of hydrogen-bond donors (Lipinski definition) is 2. The number of carbonyl (C=O) groups excluding carboxylic acids is 1. The number of carboxylic acids is 1. The quantitative estimate of drug-likeness (QED) is 0.909. The molecule has 1 atom stereocenters. The molecule has 1 heterocycles. The molecule has 0 spiro atoms. The van der Waals surface area contributed by atoms with Crippen LogP contribution in [-0.2, 0) is 17.9 Å². The second-order valence-corrected chi connectivity index (χ2v) is 5.69. The van der Waals surface area contributed by atoms with Crippen molar-refractivity contribution < 1.29 is 19.8 Å². The molecule has 1 aliphatic rings. The van der Waals surface area contributed by atoms with Crippen molar-refractivity contribution in [3.63, 3.8) is 0 Å². The van der Waals surface area contributed by atoms with Crippen molar-refractivity contribution >= 4 is 17.6 Å². The summed E-state index contributed by atoms with van der Waals surface area (Å²) in [6.45, 7) is 2.01. The Labute approximate surface area is 133 Å². The second-order valence-electron chi connectivity index (χ2n) is 5.69. The van der Waals surface area contributed by atoms with Crippen LogP contribution in [0, 0.1) is 0 Å². The number of carboxylic acid groups (broad SMARTS) is 1. The SMILES string of the molecule is CC(C(=O)O)c1ccc(N2Cc3ccc(CO)cc3C2=O)cc1. The van der Waals surface area contributed by atoms with Gasteiger partial charge in [0.1, 0.15) is 0 Å². The van der Waals surface area contributed by atoms with Crippen molar-refractivity contribution in [2.45, 2.75) is 26.0 Å². The number of amides is 1. The van der Waals surface area contributed by atoms with Crippen molar-refractivity contribution in [3.8, 4) is 0 Å². The average molecular weight is 311 g/mol. The summed E-state index contributed by atoms with van der Waals surface area (Å²) in [7, 11) is 0. The minimum absolute atomic E-state index is 0.0949. The number of aliphatic hydroxyl groups is 1. The van der Waals surface area contributed by atoms with E-state index in [0.29, 0.717) is 23.2 Å². The molecule has 3 rings (SSSR count). The Morgan fingerprint density at radius 2 is 1.91 bits per heavy atom. The number of fused-ring (bicyclic) bond motifs is 1. The van der Waals surface area contributed by atoms with Gasteiger partial charge in [-0.2, -0.15) is 0 Å². The van der Waals surface area contributed by atoms with Crippen molar-refractivity contribution in [1.29, 1.82) is 0 Å². The minimum Gasteiger partial charge on any atom is -0.481 e. The Kier molecular flexibility index (Phi) is 3.88. The van der Waals surface area contributed by atoms with E-state index in [1.54, 1.807) is 42.2 Å². The lowest BCUT2D eigenvalue weighted by molar-refractivity contribution is -0.138. The van der Waals surface area contributed by atoms with Gasteiger partial charge in [-0.3, -0.25) is 9.59 Å². The summed E-state index contributed by atoms with van der Waals surface area (Å²) in [5.74, 6) is -1.56. The fourth-order valence-electron chi connectivity index (χ4n) is 2.74. The van der Waals surface area contributed by atoms with Crippen LogP contribution in [0.2, 0.25) is 0 Å². The zero-order valence-corrected chi connectivity index (χ0v) is 12.7. The van der Waals surface area contributed by atoms with E-state index in [4.69, 9.17) is 5.11 Å². The predicted octanol–water partition coefficient (Wildman–Crippen LogP) is 2.53. The zero-order chi connectivity index (χ0) is 16.6. The van der Waals surface area contributed by atoms with E-state index in [0.717, 1.165) is 11.3 Å². The van der Waals surface area contributed by atoms with E-state index >= 15 is 0 Å². The van der Waals surface area contributed by atoms with Gasteiger partial charge < -0.3 is 15.1 Å². The number of anilines is 1. The van der Waals surface area contributed by atoms with E-state index in [2.05, 4.69) is 0 Å². The van der Waals surface area contributed by atoms with Gasteiger partial charge in [0.2, 0.25) is 0 Å². The van der Waals surface area contributed by atoms with Gasteiger partial charge in [0.15, 0.2) is 0 Å². The maximum Gasteiger partial charge on any atom is 0.310 e. The van der Waals surface area contributed by atoms with Crippen molar-refractivity contribution in [3.05, 3.63) is 64.7 Å². The molecule has 5 nitrogen and oxygen atoms in total. The molecule has 23 heavy (non-hydrogen) atoms. The minimum atomic E-state index is -0.876. The molecule has 2 N–H and O–H groups in total. The molecule has 0 radical (unpaired) electrons.